The molecule has 3 N–H and O–H groups in total. The Labute approximate surface area is 225 Å². The van der Waals surface area contributed by atoms with Gasteiger partial charge in [-0.2, -0.15) is 0 Å². The number of piperidine rings is 1. The van der Waals surface area contributed by atoms with E-state index in [0.717, 1.165) is 0 Å². The molecular formula is C26H28Cl2N4O5. The number of hydrogen-bond donors (Lipinski definition) is 3. The van der Waals surface area contributed by atoms with Crippen molar-refractivity contribution in [3.8, 4) is 0 Å². The van der Waals surface area contributed by atoms with Crippen molar-refractivity contribution in [2.24, 2.45) is 5.92 Å². The van der Waals surface area contributed by atoms with Crippen molar-refractivity contribution in [1.82, 2.24) is 9.80 Å². The molecule has 2 aromatic carbocycles. The largest absolute Gasteiger partial charge is 0.480 e. The van der Waals surface area contributed by atoms with E-state index in [1.54, 1.807) is 47.4 Å². The van der Waals surface area contributed by atoms with Crippen molar-refractivity contribution in [2.45, 2.75) is 25.8 Å². The molecule has 0 saturated carbocycles. The zero-order valence-electron chi connectivity index (χ0n) is 20.4. The van der Waals surface area contributed by atoms with Crippen LogP contribution in [0.1, 0.15) is 25.3 Å². The second-order valence-electron chi connectivity index (χ2n) is 8.67. The first kappa shape index (κ1) is 28.0. The molecule has 37 heavy (non-hydrogen) atoms. The third kappa shape index (κ3) is 7.24. The van der Waals surface area contributed by atoms with Crippen molar-refractivity contribution in [1.29, 1.82) is 0 Å². The number of halogens is 2. The number of likely N-dealkylation sites (N-methyl/N-ethyl adjacent to an activating group) is 1. The van der Waals surface area contributed by atoms with E-state index in [1.807, 2.05) is 6.07 Å². The SMILES string of the molecule is C[C@@H](C(=O)O)N(C)C(=O)C1CCN(C(=O)/C=C/c2ccc(NC(=O)Nc3ccccc3)c(Cl)c2Cl)CC1. The first-order chi connectivity index (χ1) is 17.6. The maximum Gasteiger partial charge on any atom is 0.326 e. The van der Waals surface area contributed by atoms with Gasteiger partial charge in [-0.1, -0.05) is 47.5 Å². The van der Waals surface area contributed by atoms with Crippen LogP contribution >= 0.6 is 23.2 Å². The van der Waals surface area contributed by atoms with Gasteiger partial charge in [-0.15, -0.1) is 0 Å². The monoisotopic (exact) mass is 546 g/mol. The van der Waals surface area contributed by atoms with Crippen molar-refractivity contribution >= 4 is 64.5 Å². The number of carbonyl (C=O) groups excluding carboxylic acids is 3. The van der Waals surface area contributed by atoms with Crippen LogP contribution in [0.15, 0.2) is 48.5 Å². The van der Waals surface area contributed by atoms with Gasteiger partial charge in [-0.3, -0.25) is 9.59 Å². The predicted molar refractivity (Wildman–Crippen MR) is 144 cm³/mol. The van der Waals surface area contributed by atoms with E-state index in [0.29, 0.717) is 42.9 Å². The van der Waals surface area contributed by atoms with E-state index in [4.69, 9.17) is 28.3 Å². The van der Waals surface area contributed by atoms with E-state index in [1.165, 1.54) is 24.9 Å². The molecule has 1 heterocycles. The number of amides is 4. The number of para-hydroxylation sites is 1. The highest BCUT2D eigenvalue weighted by Gasteiger charge is 2.31. The Hall–Kier alpha value is -3.56. The fourth-order valence-electron chi connectivity index (χ4n) is 3.85. The quantitative estimate of drug-likeness (QED) is 0.430. The fourth-order valence-corrected chi connectivity index (χ4v) is 4.30. The summed E-state index contributed by atoms with van der Waals surface area (Å²) in [6.45, 7) is 2.22. The van der Waals surface area contributed by atoms with Crippen LogP contribution in [0.3, 0.4) is 0 Å². The molecule has 1 saturated heterocycles. The van der Waals surface area contributed by atoms with E-state index in [9.17, 15) is 19.2 Å². The molecule has 4 amide bonds. The summed E-state index contributed by atoms with van der Waals surface area (Å²) in [6.07, 6.45) is 3.83. The van der Waals surface area contributed by atoms with Crippen LogP contribution in [0.5, 0.6) is 0 Å². The highest BCUT2D eigenvalue weighted by Crippen LogP contribution is 2.34. The first-order valence-electron chi connectivity index (χ1n) is 11.7. The van der Waals surface area contributed by atoms with Gasteiger partial charge < -0.3 is 25.5 Å². The van der Waals surface area contributed by atoms with Crippen molar-refractivity contribution in [3.63, 3.8) is 0 Å². The van der Waals surface area contributed by atoms with E-state index < -0.39 is 18.0 Å². The number of aliphatic carboxylic acids is 1. The molecule has 2 aromatic rings. The molecule has 3 rings (SSSR count). The number of likely N-dealkylation sites (tertiary alicyclic amines) is 1. The Balaban J connectivity index is 1.56. The minimum absolute atomic E-state index is 0.138. The number of rotatable bonds is 7. The molecule has 0 aliphatic carbocycles. The summed E-state index contributed by atoms with van der Waals surface area (Å²) in [4.78, 5) is 51.5. The Morgan fingerprint density at radius 2 is 1.68 bits per heavy atom. The average molecular weight is 547 g/mol. The standard InChI is InChI=1S/C26H28Cl2N4O5/c1-16(25(35)36)31(2)24(34)18-12-14-32(15-13-18)21(33)11-9-17-8-10-20(23(28)22(17)27)30-26(37)29-19-6-4-3-5-7-19/h3-11,16,18H,12-15H2,1-2H3,(H,35,36)(H2,29,30,37)/b11-9+/t16-/m0/s1. The molecular weight excluding hydrogens is 519 g/mol. The third-order valence-electron chi connectivity index (χ3n) is 6.24. The lowest BCUT2D eigenvalue weighted by atomic mass is 9.95. The molecule has 0 aromatic heterocycles. The normalized spacial score (nSPS) is 14.8. The smallest absolute Gasteiger partial charge is 0.326 e. The molecule has 1 aliphatic heterocycles. The Morgan fingerprint density at radius 1 is 1.03 bits per heavy atom. The topological polar surface area (TPSA) is 119 Å². The summed E-state index contributed by atoms with van der Waals surface area (Å²) in [5.41, 5.74) is 1.44. The van der Waals surface area contributed by atoms with E-state index in [-0.39, 0.29) is 27.8 Å². The fraction of sp³-hybridized carbons (Fsp3) is 0.308. The number of urea groups is 1. The lowest BCUT2D eigenvalue weighted by molar-refractivity contribution is -0.150. The minimum atomic E-state index is -1.06. The highest BCUT2D eigenvalue weighted by molar-refractivity contribution is 6.45. The predicted octanol–water partition coefficient (Wildman–Crippen LogP) is 4.82. The number of hydrogen-bond acceptors (Lipinski definition) is 4. The van der Waals surface area contributed by atoms with Gasteiger partial charge in [0.05, 0.1) is 15.7 Å². The molecule has 1 fully saturated rings. The van der Waals surface area contributed by atoms with E-state index in [2.05, 4.69) is 10.6 Å². The molecule has 196 valence electrons. The van der Waals surface area contributed by atoms with Crippen molar-refractivity contribution in [3.05, 3.63) is 64.1 Å². The first-order valence-corrected chi connectivity index (χ1v) is 12.4. The lowest BCUT2D eigenvalue weighted by Gasteiger charge is -2.33. The Bertz CT molecular complexity index is 1200. The molecule has 0 bridgehead atoms. The molecule has 9 nitrogen and oxygen atoms in total. The molecule has 11 heteroatoms. The number of nitrogens with zero attached hydrogens (tertiary/aromatic N) is 2. The summed E-state index contributed by atoms with van der Waals surface area (Å²) in [6, 6.07) is 10.8. The van der Waals surface area contributed by atoms with Crippen molar-refractivity contribution < 1.29 is 24.3 Å². The van der Waals surface area contributed by atoms with Gasteiger partial charge in [-0.05, 0) is 49.6 Å². The zero-order valence-corrected chi connectivity index (χ0v) is 21.9. The Morgan fingerprint density at radius 3 is 2.30 bits per heavy atom. The molecule has 0 radical (unpaired) electrons. The van der Waals surface area contributed by atoms with Crippen LogP contribution in [-0.4, -0.2) is 64.9 Å². The maximum atomic E-state index is 12.7. The van der Waals surface area contributed by atoms with Crippen molar-refractivity contribution in [2.75, 3.05) is 30.8 Å². The van der Waals surface area contributed by atoms with E-state index >= 15 is 0 Å². The minimum Gasteiger partial charge on any atom is -0.480 e. The molecule has 1 aliphatic rings. The van der Waals surface area contributed by atoms with Gasteiger partial charge in [0.25, 0.3) is 0 Å². The van der Waals surface area contributed by atoms with Gasteiger partial charge in [-0.25, -0.2) is 9.59 Å². The van der Waals surface area contributed by atoms with Crippen LogP contribution in [0.25, 0.3) is 6.08 Å². The second-order valence-corrected chi connectivity index (χ2v) is 9.43. The average Bonchev–Trinajstić information content (AvgIpc) is 2.90. The number of benzene rings is 2. The number of carboxylic acid groups (broad SMARTS) is 1. The maximum absolute atomic E-state index is 12.7. The highest BCUT2D eigenvalue weighted by atomic mass is 35.5. The summed E-state index contributed by atoms with van der Waals surface area (Å²) < 4.78 is 0. The lowest BCUT2D eigenvalue weighted by Crippen LogP contribution is -2.47. The number of carboxylic acids is 1. The zero-order chi connectivity index (χ0) is 27.1. The van der Waals surface area contributed by atoms with Gasteiger partial charge in [0, 0.05) is 37.8 Å². The van der Waals surface area contributed by atoms with Gasteiger partial charge in [0.2, 0.25) is 11.8 Å². The Kier molecular flexibility index (Phi) is 9.54. The summed E-state index contributed by atoms with van der Waals surface area (Å²) >= 11 is 12.7. The third-order valence-corrected chi connectivity index (χ3v) is 7.14. The van der Waals surface area contributed by atoms with Crippen LogP contribution in [0.2, 0.25) is 10.0 Å². The van der Waals surface area contributed by atoms with Gasteiger partial charge in [0.1, 0.15) is 6.04 Å². The van der Waals surface area contributed by atoms with Gasteiger partial charge >= 0.3 is 12.0 Å². The van der Waals surface area contributed by atoms with Crippen LogP contribution < -0.4 is 10.6 Å². The summed E-state index contributed by atoms with van der Waals surface area (Å²) in [5.74, 6) is -1.86. The molecule has 1 atom stereocenters. The number of anilines is 2. The molecule has 0 spiro atoms. The van der Waals surface area contributed by atoms with Crippen LogP contribution in [0.4, 0.5) is 16.2 Å². The molecule has 0 unspecified atom stereocenters. The second kappa shape index (κ2) is 12.6. The van der Waals surface area contributed by atoms with Gasteiger partial charge in [0.15, 0.2) is 0 Å². The number of carbonyl (C=O) groups is 4. The van der Waals surface area contributed by atoms with Crippen LogP contribution in [0, 0.1) is 5.92 Å². The number of nitrogens with one attached hydrogen (secondary N) is 2. The van der Waals surface area contributed by atoms with Crippen LogP contribution in [-0.2, 0) is 14.4 Å². The summed E-state index contributed by atoms with van der Waals surface area (Å²) in [7, 11) is 1.48. The summed E-state index contributed by atoms with van der Waals surface area (Å²) in [5, 5.41) is 14.8.